The van der Waals surface area contributed by atoms with Gasteiger partial charge in [0.05, 0.1) is 0 Å². The second kappa shape index (κ2) is 6.27. The fourth-order valence-electron chi connectivity index (χ4n) is 5.39. The van der Waals surface area contributed by atoms with E-state index < -0.39 is 0 Å². The summed E-state index contributed by atoms with van der Waals surface area (Å²) in [5.41, 5.74) is 1.58. The van der Waals surface area contributed by atoms with E-state index in [1.54, 1.807) is 0 Å². The molecule has 2 aliphatic heterocycles. The van der Waals surface area contributed by atoms with Crippen LogP contribution in [0.25, 0.3) is 0 Å². The van der Waals surface area contributed by atoms with Crippen LogP contribution in [0.5, 0.6) is 5.75 Å². The maximum absolute atomic E-state index is 10.1. The first-order valence-corrected chi connectivity index (χ1v) is 9.76. The van der Waals surface area contributed by atoms with Crippen molar-refractivity contribution in [3.8, 4) is 5.75 Å². The van der Waals surface area contributed by atoms with Gasteiger partial charge in [0.15, 0.2) is 0 Å². The lowest BCUT2D eigenvalue weighted by Gasteiger charge is -2.48. The van der Waals surface area contributed by atoms with Gasteiger partial charge in [-0.05, 0) is 62.7 Å². The number of phenolic OH excluding ortho intramolecular Hbond substituents is 1. The molecule has 138 valence electrons. The summed E-state index contributed by atoms with van der Waals surface area (Å²) in [4.78, 5) is 4.90. The summed E-state index contributed by atoms with van der Waals surface area (Å²) in [5, 5.41) is 17.9. The van der Waals surface area contributed by atoms with Crippen molar-refractivity contribution < 1.29 is 9.52 Å². The van der Waals surface area contributed by atoms with Gasteiger partial charge < -0.3 is 19.3 Å². The van der Waals surface area contributed by atoms with Gasteiger partial charge in [-0.25, -0.2) is 0 Å². The van der Waals surface area contributed by atoms with Crippen LogP contribution in [0.4, 0.5) is 6.01 Å². The Kier molecular flexibility index (Phi) is 3.89. The predicted octanol–water partition coefficient (Wildman–Crippen LogP) is 3.01. The van der Waals surface area contributed by atoms with E-state index in [1.165, 1.54) is 25.7 Å². The van der Waals surface area contributed by atoms with E-state index in [0.29, 0.717) is 29.1 Å². The van der Waals surface area contributed by atoms with Gasteiger partial charge >= 0.3 is 6.01 Å². The van der Waals surface area contributed by atoms with E-state index in [4.69, 9.17) is 4.42 Å². The summed E-state index contributed by atoms with van der Waals surface area (Å²) in [6.07, 6.45) is 7.61. The number of hydrogen-bond donors (Lipinski definition) is 1. The Morgan fingerprint density at radius 1 is 1.12 bits per heavy atom. The minimum absolute atomic E-state index is 0.452. The molecule has 3 aliphatic rings. The zero-order valence-corrected chi connectivity index (χ0v) is 15.0. The molecular weight excluding hydrogens is 328 g/mol. The van der Waals surface area contributed by atoms with Crippen LogP contribution in [-0.2, 0) is 0 Å². The smallest absolute Gasteiger partial charge is 0.317 e. The van der Waals surface area contributed by atoms with Crippen LogP contribution >= 0.6 is 0 Å². The topological polar surface area (TPSA) is 65.6 Å². The standard InChI is InChI=1S/C20H26N4O2/c25-18-4-2-1-3-17(18)15-6-9-23(10-7-15)16-5-8-20(11-16)12-24(13-20)19-22-21-14-26-19/h1-4,14-16,25H,5-13H2. The van der Waals surface area contributed by atoms with Crippen LogP contribution in [0.3, 0.4) is 0 Å². The molecule has 0 bridgehead atoms. The summed E-state index contributed by atoms with van der Waals surface area (Å²) in [6, 6.07) is 9.22. The summed E-state index contributed by atoms with van der Waals surface area (Å²) in [6.45, 7) is 4.40. The average molecular weight is 354 g/mol. The highest BCUT2D eigenvalue weighted by atomic mass is 16.4. The van der Waals surface area contributed by atoms with Gasteiger partial charge in [-0.3, -0.25) is 0 Å². The molecule has 0 radical (unpaired) electrons. The number of phenols is 1. The van der Waals surface area contributed by atoms with E-state index in [-0.39, 0.29) is 0 Å². The molecule has 1 atom stereocenters. The second-order valence-electron chi connectivity index (χ2n) is 8.34. The molecule has 1 aliphatic carbocycles. The number of rotatable bonds is 3. The molecule has 1 unspecified atom stereocenters. The van der Waals surface area contributed by atoms with Crippen LogP contribution in [-0.4, -0.2) is 52.4 Å². The molecule has 2 aromatic rings. The normalized spacial score (nSPS) is 26.3. The van der Waals surface area contributed by atoms with Crippen molar-refractivity contribution in [1.82, 2.24) is 15.1 Å². The first-order chi connectivity index (χ1) is 12.7. The largest absolute Gasteiger partial charge is 0.508 e. The van der Waals surface area contributed by atoms with E-state index in [0.717, 1.165) is 44.6 Å². The highest BCUT2D eigenvalue weighted by molar-refractivity contribution is 5.35. The molecule has 0 amide bonds. The maximum Gasteiger partial charge on any atom is 0.317 e. The maximum atomic E-state index is 10.1. The lowest BCUT2D eigenvalue weighted by atomic mass is 9.78. The molecule has 2 saturated heterocycles. The fraction of sp³-hybridized carbons (Fsp3) is 0.600. The van der Waals surface area contributed by atoms with Gasteiger partial charge in [-0.2, -0.15) is 0 Å². The number of hydrogen-bond acceptors (Lipinski definition) is 6. The lowest BCUT2D eigenvalue weighted by Crippen LogP contribution is -2.56. The van der Waals surface area contributed by atoms with Crippen LogP contribution in [0.2, 0.25) is 0 Å². The molecule has 6 heteroatoms. The van der Waals surface area contributed by atoms with Crippen molar-refractivity contribution in [1.29, 1.82) is 0 Å². The third kappa shape index (κ3) is 2.76. The Bertz CT molecular complexity index is 749. The van der Waals surface area contributed by atoms with Crippen LogP contribution in [0.1, 0.15) is 43.6 Å². The fourth-order valence-corrected chi connectivity index (χ4v) is 5.39. The van der Waals surface area contributed by atoms with E-state index >= 15 is 0 Å². The molecule has 1 N–H and O–H groups in total. The van der Waals surface area contributed by atoms with Gasteiger partial charge in [0, 0.05) is 24.5 Å². The second-order valence-corrected chi connectivity index (χ2v) is 8.34. The number of nitrogens with zero attached hydrogens (tertiary/aromatic N) is 4. The molecular formula is C20H26N4O2. The van der Waals surface area contributed by atoms with Crippen LogP contribution < -0.4 is 4.90 Å². The van der Waals surface area contributed by atoms with Gasteiger partial charge in [0.2, 0.25) is 6.39 Å². The highest BCUT2D eigenvalue weighted by Gasteiger charge is 2.50. The third-order valence-electron chi connectivity index (χ3n) is 6.77. The number of piperidine rings is 1. The van der Waals surface area contributed by atoms with Crippen molar-refractivity contribution in [2.75, 3.05) is 31.1 Å². The Morgan fingerprint density at radius 2 is 1.92 bits per heavy atom. The zero-order chi connectivity index (χ0) is 17.6. The third-order valence-corrected chi connectivity index (χ3v) is 6.77. The number of anilines is 1. The van der Waals surface area contributed by atoms with E-state index in [9.17, 15) is 5.11 Å². The molecule has 6 nitrogen and oxygen atoms in total. The number of aromatic hydroxyl groups is 1. The lowest BCUT2D eigenvalue weighted by molar-refractivity contribution is 0.130. The quantitative estimate of drug-likeness (QED) is 0.914. The van der Waals surface area contributed by atoms with Crippen molar-refractivity contribution in [3.05, 3.63) is 36.2 Å². The Hall–Kier alpha value is -2.08. The molecule has 1 spiro atoms. The summed E-state index contributed by atoms with van der Waals surface area (Å²) in [5.74, 6) is 0.959. The summed E-state index contributed by atoms with van der Waals surface area (Å²) in [7, 11) is 0. The van der Waals surface area contributed by atoms with Gasteiger partial charge in [-0.15, -0.1) is 5.10 Å². The number of benzene rings is 1. The SMILES string of the molecule is Oc1ccccc1C1CCN(C2CCC3(C2)CN(c2nnco2)C3)CC1. The highest BCUT2D eigenvalue weighted by Crippen LogP contribution is 2.48. The number of aromatic nitrogens is 2. The molecule has 5 rings (SSSR count). The van der Waals surface area contributed by atoms with E-state index in [2.05, 4.69) is 26.1 Å². The Balaban J connectivity index is 1.16. The van der Waals surface area contributed by atoms with E-state index in [1.807, 2.05) is 18.2 Å². The van der Waals surface area contributed by atoms with Crippen molar-refractivity contribution in [2.45, 2.75) is 44.1 Å². The molecule has 1 aromatic carbocycles. The number of para-hydroxylation sites is 1. The van der Waals surface area contributed by atoms with Crippen LogP contribution in [0, 0.1) is 5.41 Å². The van der Waals surface area contributed by atoms with Gasteiger partial charge in [0.25, 0.3) is 0 Å². The molecule has 26 heavy (non-hydrogen) atoms. The molecule has 3 fully saturated rings. The minimum Gasteiger partial charge on any atom is -0.508 e. The predicted molar refractivity (Wildman–Crippen MR) is 98.2 cm³/mol. The number of likely N-dealkylation sites (tertiary alicyclic amines) is 1. The molecule has 1 saturated carbocycles. The average Bonchev–Trinajstić information content (AvgIpc) is 3.31. The van der Waals surface area contributed by atoms with Crippen LogP contribution in [0.15, 0.2) is 35.1 Å². The van der Waals surface area contributed by atoms with Crippen molar-refractivity contribution >= 4 is 6.01 Å². The molecule has 3 heterocycles. The molecule has 1 aromatic heterocycles. The van der Waals surface area contributed by atoms with Gasteiger partial charge in [-0.1, -0.05) is 23.3 Å². The van der Waals surface area contributed by atoms with Crippen molar-refractivity contribution in [2.24, 2.45) is 5.41 Å². The first-order valence-electron chi connectivity index (χ1n) is 9.76. The van der Waals surface area contributed by atoms with Gasteiger partial charge in [0.1, 0.15) is 5.75 Å². The first kappa shape index (κ1) is 16.1. The van der Waals surface area contributed by atoms with Crippen molar-refractivity contribution in [3.63, 3.8) is 0 Å². The summed E-state index contributed by atoms with van der Waals surface area (Å²) >= 11 is 0. The Labute approximate surface area is 153 Å². The monoisotopic (exact) mass is 354 g/mol. The minimum atomic E-state index is 0.452. The summed E-state index contributed by atoms with van der Waals surface area (Å²) < 4.78 is 5.32. The zero-order valence-electron chi connectivity index (χ0n) is 15.0. The Morgan fingerprint density at radius 3 is 2.65 bits per heavy atom.